The van der Waals surface area contributed by atoms with Crippen molar-refractivity contribution < 1.29 is 4.74 Å². The van der Waals surface area contributed by atoms with Crippen molar-refractivity contribution in [1.82, 2.24) is 10.4 Å². The van der Waals surface area contributed by atoms with Gasteiger partial charge in [0, 0.05) is 24.9 Å². The van der Waals surface area contributed by atoms with Crippen molar-refractivity contribution in [3.8, 4) is 5.75 Å². The number of nitrogens with zero attached hydrogens (tertiary/aromatic N) is 1. The molecule has 98 valence electrons. The molecule has 4 nitrogen and oxygen atoms in total. The summed E-state index contributed by atoms with van der Waals surface area (Å²) in [6, 6.07) is 10.4. The molecular formula is C15H17N3O. The molecule has 0 saturated carbocycles. The first kappa shape index (κ1) is 12.1. The number of nitrogens with one attached hydrogen (secondary N) is 1. The van der Waals surface area contributed by atoms with Gasteiger partial charge in [-0.2, -0.15) is 0 Å². The lowest BCUT2D eigenvalue weighted by Crippen LogP contribution is -2.29. The van der Waals surface area contributed by atoms with Crippen LogP contribution in [0, 0.1) is 0 Å². The Labute approximate surface area is 112 Å². The summed E-state index contributed by atoms with van der Waals surface area (Å²) in [6.07, 6.45) is 5.44. The van der Waals surface area contributed by atoms with Crippen LogP contribution >= 0.6 is 0 Å². The third-order valence-corrected chi connectivity index (χ3v) is 3.51. The Balaban J connectivity index is 1.82. The molecule has 3 rings (SSSR count). The van der Waals surface area contributed by atoms with Crippen molar-refractivity contribution in [1.29, 1.82) is 0 Å². The Kier molecular flexibility index (Phi) is 3.44. The highest BCUT2D eigenvalue weighted by molar-refractivity contribution is 5.41. The number of fused-ring (bicyclic) bond motifs is 1. The van der Waals surface area contributed by atoms with E-state index in [0.717, 1.165) is 25.2 Å². The molecular weight excluding hydrogens is 238 g/mol. The molecule has 1 aliphatic rings. The molecule has 3 N–H and O–H groups in total. The summed E-state index contributed by atoms with van der Waals surface area (Å²) in [7, 11) is 0. The Morgan fingerprint density at radius 1 is 1.26 bits per heavy atom. The first-order valence-electron chi connectivity index (χ1n) is 6.47. The van der Waals surface area contributed by atoms with E-state index in [1.807, 2.05) is 18.2 Å². The zero-order valence-electron chi connectivity index (χ0n) is 10.7. The van der Waals surface area contributed by atoms with E-state index in [9.17, 15) is 0 Å². The fraction of sp³-hybridized carbons (Fsp3) is 0.267. The second-order valence-electron chi connectivity index (χ2n) is 4.74. The Morgan fingerprint density at radius 3 is 2.89 bits per heavy atom. The van der Waals surface area contributed by atoms with Gasteiger partial charge in [0.2, 0.25) is 0 Å². The van der Waals surface area contributed by atoms with E-state index >= 15 is 0 Å². The SMILES string of the molecule is NNC(Cc1ccncc1)c1ccc2c(c1)CCO2. The number of aromatic nitrogens is 1. The molecule has 0 spiro atoms. The quantitative estimate of drug-likeness (QED) is 0.645. The summed E-state index contributed by atoms with van der Waals surface area (Å²) in [5.41, 5.74) is 6.58. The van der Waals surface area contributed by atoms with Gasteiger partial charge in [0.05, 0.1) is 6.61 Å². The minimum Gasteiger partial charge on any atom is -0.493 e. The summed E-state index contributed by atoms with van der Waals surface area (Å²) in [4.78, 5) is 4.03. The normalized spacial score (nSPS) is 14.8. The molecule has 0 saturated heterocycles. The summed E-state index contributed by atoms with van der Waals surface area (Å²) in [5, 5.41) is 0. The van der Waals surface area contributed by atoms with E-state index in [4.69, 9.17) is 10.6 Å². The van der Waals surface area contributed by atoms with Gasteiger partial charge in [-0.05, 0) is 41.3 Å². The van der Waals surface area contributed by atoms with Crippen molar-refractivity contribution in [3.05, 3.63) is 59.4 Å². The maximum atomic E-state index is 5.70. The van der Waals surface area contributed by atoms with Gasteiger partial charge in [-0.1, -0.05) is 12.1 Å². The summed E-state index contributed by atoms with van der Waals surface area (Å²) < 4.78 is 5.53. The summed E-state index contributed by atoms with van der Waals surface area (Å²) in [5.74, 6) is 6.70. The van der Waals surface area contributed by atoms with Gasteiger partial charge in [-0.25, -0.2) is 0 Å². The maximum absolute atomic E-state index is 5.70. The average Bonchev–Trinajstić information content (AvgIpc) is 2.93. The molecule has 1 aliphatic heterocycles. The van der Waals surface area contributed by atoms with Gasteiger partial charge < -0.3 is 4.74 Å². The average molecular weight is 255 g/mol. The Morgan fingerprint density at radius 2 is 2.11 bits per heavy atom. The number of hydrogen-bond donors (Lipinski definition) is 2. The molecule has 0 bridgehead atoms. The minimum absolute atomic E-state index is 0.105. The van der Waals surface area contributed by atoms with E-state index in [-0.39, 0.29) is 6.04 Å². The third kappa shape index (κ3) is 2.59. The smallest absolute Gasteiger partial charge is 0.122 e. The lowest BCUT2D eigenvalue weighted by molar-refractivity contribution is 0.356. The summed E-state index contributed by atoms with van der Waals surface area (Å²) in [6.45, 7) is 0.782. The second-order valence-corrected chi connectivity index (χ2v) is 4.74. The topological polar surface area (TPSA) is 60.2 Å². The zero-order chi connectivity index (χ0) is 13.1. The summed E-state index contributed by atoms with van der Waals surface area (Å²) >= 11 is 0. The molecule has 1 aromatic heterocycles. The first-order valence-corrected chi connectivity index (χ1v) is 6.47. The highest BCUT2D eigenvalue weighted by Crippen LogP contribution is 2.29. The number of rotatable bonds is 4. The van der Waals surface area contributed by atoms with Crippen molar-refractivity contribution >= 4 is 0 Å². The molecule has 1 aromatic carbocycles. The highest BCUT2D eigenvalue weighted by Gasteiger charge is 2.16. The van der Waals surface area contributed by atoms with Crippen LogP contribution in [0.1, 0.15) is 22.7 Å². The largest absolute Gasteiger partial charge is 0.493 e. The minimum atomic E-state index is 0.105. The van der Waals surface area contributed by atoms with Crippen molar-refractivity contribution in [2.45, 2.75) is 18.9 Å². The van der Waals surface area contributed by atoms with Gasteiger partial charge in [-0.15, -0.1) is 0 Å². The van der Waals surface area contributed by atoms with Crippen LogP contribution in [0.15, 0.2) is 42.7 Å². The molecule has 0 amide bonds. The van der Waals surface area contributed by atoms with Crippen LogP contribution < -0.4 is 16.0 Å². The Bertz CT molecular complexity index is 557. The zero-order valence-corrected chi connectivity index (χ0v) is 10.7. The molecule has 0 aliphatic carbocycles. The molecule has 2 heterocycles. The molecule has 4 heteroatoms. The number of nitrogens with two attached hydrogens (primary N) is 1. The van der Waals surface area contributed by atoms with Crippen molar-refractivity contribution in [2.75, 3.05) is 6.61 Å². The molecule has 0 radical (unpaired) electrons. The third-order valence-electron chi connectivity index (χ3n) is 3.51. The van der Waals surface area contributed by atoms with E-state index in [0.29, 0.717) is 0 Å². The molecule has 0 fully saturated rings. The predicted octanol–water partition coefficient (Wildman–Crippen LogP) is 1.76. The van der Waals surface area contributed by atoms with Gasteiger partial charge in [0.25, 0.3) is 0 Å². The Hall–Kier alpha value is -1.91. The predicted molar refractivity (Wildman–Crippen MR) is 73.6 cm³/mol. The van der Waals surface area contributed by atoms with E-state index < -0.39 is 0 Å². The lowest BCUT2D eigenvalue weighted by atomic mass is 9.98. The van der Waals surface area contributed by atoms with Crippen LogP contribution in [0.5, 0.6) is 5.75 Å². The monoisotopic (exact) mass is 255 g/mol. The highest BCUT2D eigenvalue weighted by atomic mass is 16.5. The van der Waals surface area contributed by atoms with Crippen LogP contribution in [0.4, 0.5) is 0 Å². The van der Waals surface area contributed by atoms with Gasteiger partial charge in [0.15, 0.2) is 0 Å². The lowest BCUT2D eigenvalue weighted by Gasteiger charge is -2.17. The van der Waals surface area contributed by atoms with Gasteiger partial charge in [-0.3, -0.25) is 16.3 Å². The first-order chi connectivity index (χ1) is 9.36. The van der Waals surface area contributed by atoms with E-state index in [1.165, 1.54) is 16.7 Å². The van der Waals surface area contributed by atoms with Crippen molar-refractivity contribution in [2.24, 2.45) is 5.84 Å². The second kappa shape index (κ2) is 5.38. The van der Waals surface area contributed by atoms with Crippen LogP contribution in [0.3, 0.4) is 0 Å². The molecule has 19 heavy (non-hydrogen) atoms. The fourth-order valence-electron chi connectivity index (χ4n) is 2.45. The molecule has 2 aromatic rings. The fourth-order valence-corrected chi connectivity index (χ4v) is 2.45. The van der Waals surface area contributed by atoms with Crippen LogP contribution in [-0.4, -0.2) is 11.6 Å². The van der Waals surface area contributed by atoms with Crippen LogP contribution in [0.2, 0.25) is 0 Å². The van der Waals surface area contributed by atoms with Gasteiger partial charge in [0.1, 0.15) is 5.75 Å². The molecule has 1 atom stereocenters. The number of hydrazine groups is 1. The van der Waals surface area contributed by atoms with E-state index in [2.05, 4.69) is 22.5 Å². The standard InChI is InChI=1S/C15H17N3O/c16-18-14(9-11-3-6-17-7-4-11)12-1-2-15-13(10-12)5-8-19-15/h1-4,6-7,10,14,18H,5,8-9,16H2. The number of benzene rings is 1. The van der Waals surface area contributed by atoms with Crippen molar-refractivity contribution in [3.63, 3.8) is 0 Å². The van der Waals surface area contributed by atoms with Gasteiger partial charge >= 0.3 is 0 Å². The van der Waals surface area contributed by atoms with Crippen LogP contribution in [0.25, 0.3) is 0 Å². The molecule has 1 unspecified atom stereocenters. The van der Waals surface area contributed by atoms with Crippen LogP contribution in [-0.2, 0) is 12.8 Å². The maximum Gasteiger partial charge on any atom is 0.122 e. The number of hydrogen-bond acceptors (Lipinski definition) is 4. The number of pyridine rings is 1. The van der Waals surface area contributed by atoms with E-state index in [1.54, 1.807) is 12.4 Å². The number of ether oxygens (including phenoxy) is 1.